The van der Waals surface area contributed by atoms with Crippen molar-refractivity contribution in [1.82, 2.24) is 5.32 Å². The van der Waals surface area contributed by atoms with Crippen LogP contribution >= 0.6 is 23.2 Å². The molecule has 1 rings (SSSR count). The molecule has 0 spiro atoms. The molecule has 1 N–H and O–H groups in total. The monoisotopic (exact) mass is 273 g/mol. The molecular formula is C13H17Cl2NO. The van der Waals surface area contributed by atoms with Crippen LogP contribution in [0.25, 0.3) is 0 Å². The zero-order valence-corrected chi connectivity index (χ0v) is 12.0. The highest BCUT2D eigenvalue weighted by Gasteiger charge is 2.23. The van der Waals surface area contributed by atoms with Crippen LogP contribution in [-0.2, 0) is 4.79 Å². The van der Waals surface area contributed by atoms with E-state index in [1.54, 1.807) is 12.1 Å². The van der Waals surface area contributed by atoms with Crippen LogP contribution in [0.1, 0.15) is 39.3 Å². The van der Waals surface area contributed by atoms with Gasteiger partial charge >= 0.3 is 0 Å². The van der Waals surface area contributed by atoms with Gasteiger partial charge in [0.2, 0.25) is 5.91 Å². The lowest BCUT2D eigenvalue weighted by Gasteiger charge is -2.22. The van der Waals surface area contributed by atoms with Crippen molar-refractivity contribution in [3.63, 3.8) is 0 Å². The summed E-state index contributed by atoms with van der Waals surface area (Å²) in [6, 6.07) is 5.29. The van der Waals surface area contributed by atoms with Gasteiger partial charge in [0.25, 0.3) is 0 Å². The van der Waals surface area contributed by atoms with Crippen LogP contribution in [0, 0.1) is 5.41 Å². The zero-order chi connectivity index (χ0) is 13.2. The van der Waals surface area contributed by atoms with Gasteiger partial charge in [-0.25, -0.2) is 0 Å². The van der Waals surface area contributed by atoms with Crippen molar-refractivity contribution >= 4 is 29.1 Å². The first-order valence-corrected chi connectivity index (χ1v) is 6.23. The quantitative estimate of drug-likeness (QED) is 0.859. The number of halogens is 2. The smallest absolute Gasteiger partial charge is 0.225 e. The standard InChI is InChI=1S/C13H17Cl2NO/c1-8(16-12(17)13(2,3)4)9-5-6-10(14)11(15)7-9/h5-8H,1-4H3,(H,16,17)/t8-/m1/s1. The van der Waals surface area contributed by atoms with E-state index in [1.165, 1.54) is 0 Å². The molecule has 0 radical (unpaired) electrons. The summed E-state index contributed by atoms with van der Waals surface area (Å²) in [5.74, 6) is 0.0103. The van der Waals surface area contributed by atoms with Crippen LogP contribution in [0.15, 0.2) is 18.2 Å². The van der Waals surface area contributed by atoms with Gasteiger partial charge < -0.3 is 5.32 Å². The van der Waals surface area contributed by atoms with E-state index in [0.29, 0.717) is 10.0 Å². The van der Waals surface area contributed by atoms with Crippen LogP contribution in [0.3, 0.4) is 0 Å². The third-order valence-corrected chi connectivity index (χ3v) is 3.21. The molecule has 1 aromatic carbocycles. The van der Waals surface area contributed by atoms with Crippen molar-refractivity contribution in [3.8, 4) is 0 Å². The van der Waals surface area contributed by atoms with Crippen molar-refractivity contribution in [3.05, 3.63) is 33.8 Å². The summed E-state index contributed by atoms with van der Waals surface area (Å²) in [4.78, 5) is 11.8. The van der Waals surface area contributed by atoms with Gasteiger partial charge in [-0.3, -0.25) is 4.79 Å². The highest BCUT2D eigenvalue weighted by molar-refractivity contribution is 6.42. The van der Waals surface area contributed by atoms with Crippen molar-refractivity contribution < 1.29 is 4.79 Å². The fourth-order valence-electron chi connectivity index (χ4n) is 1.28. The number of nitrogens with one attached hydrogen (secondary N) is 1. The van der Waals surface area contributed by atoms with Crippen molar-refractivity contribution in [2.45, 2.75) is 33.7 Å². The van der Waals surface area contributed by atoms with Crippen LogP contribution in [-0.4, -0.2) is 5.91 Å². The van der Waals surface area contributed by atoms with Crippen LogP contribution in [0.4, 0.5) is 0 Å². The number of amides is 1. The maximum absolute atomic E-state index is 11.8. The van der Waals surface area contributed by atoms with E-state index in [4.69, 9.17) is 23.2 Å². The molecule has 0 unspecified atom stereocenters. The molecule has 0 fully saturated rings. The SMILES string of the molecule is C[C@@H](NC(=O)C(C)(C)C)c1ccc(Cl)c(Cl)c1. The van der Waals surface area contributed by atoms with E-state index >= 15 is 0 Å². The van der Waals surface area contributed by atoms with Crippen LogP contribution in [0.5, 0.6) is 0 Å². The predicted octanol–water partition coefficient (Wildman–Crippen LogP) is 4.22. The number of hydrogen-bond donors (Lipinski definition) is 1. The second-order valence-electron chi connectivity index (χ2n) is 5.12. The predicted molar refractivity (Wildman–Crippen MR) is 72.5 cm³/mol. The topological polar surface area (TPSA) is 29.1 Å². The molecule has 0 aliphatic rings. The first kappa shape index (κ1) is 14.3. The Labute approximate surface area is 112 Å². The molecule has 0 aliphatic heterocycles. The lowest BCUT2D eigenvalue weighted by atomic mass is 9.95. The first-order chi connectivity index (χ1) is 7.71. The molecule has 94 valence electrons. The van der Waals surface area contributed by atoms with Gasteiger partial charge in [0.1, 0.15) is 0 Å². The minimum Gasteiger partial charge on any atom is -0.349 e. The highest BCUT2D eigenvalue weighted by atomic mass is 35.5. The average Bonchev–Trinajstić information content (AvgIpc) is 2.20. The lowest BCUT2D eigenvalue weighted by molar-refractivity contribution is -0.129. The molecular weight excluding hydrogens is 257 g/mol. The summed E-state index contributed by atoms with van der Waals surface area (Å²) >= 11 is 11.8. The van der Waals surface area contributed by atoms with Crippen molar-refractivity contribution in [1.29, 1.82) is 0 Å². The fraction of sp³-hybridized carbons (Fsp3) is 0.462. The Kier molecular flexibility index (Phi) is 4.45. The molecule has 0 saturated carbocycles. The van der Waals surface area contributed by atoms with E-state index in [1.807, 2.05) is 33.8 Å². The molecule has 1 atom stereocenters. The van der Waals surface area contributed by atoms with Gasteiger partial charge in [0.15, 0.2) is 0 Å². The van der Waals surface area contributed by atoms with Crippen LogP contribution < -0.4 is 5.32 Å². The Hall–Kier alpha value is -0.730. The minimum absolute atomic E-state index is 0.0103. The summed E-state index contributed by atoms with van der Waals surface area (Å²) in [6.07, 6.45) is 0. The third kappa shape index (κ3) is 3.90. The van der Waals surface area contributed by atoms with E-state index < -0.39 is 5.41 Å². The fourth-order valence-corrected chi connectivity index (χ4v) is 1.58. The van der Waals surface area contributed by atoms with Crippen molar-refractivity contribution in [2.24, 2.45) is 5.41 Å². The lowest BCUT2D eigenvalue weighted by Crippen LogP contribution is -2.36. The highest BCUT2D eigenvalue weighted by Crippen LogP contribution is 2.26. The maximum atomic E-state index is 11.8. The van der Waals surface area contributed by atoms with Crippen LogP contribution in [0.2, 0.25) is 10.0 Å². The van der Waals surface area contributed by atoms with Gasteiger partial charge in [0, 0.05) is 5.41 Å². The average molecular weight is 274 g/mol. The Morgan fingerprint density at radius 1 is 1.24 bits per heavy atom. The number of rotatable bonds is 2. The second kappa shape index (κ2) is 5.28. The molecule has 0 bridgehead atoms. The summed E-state index contributed by atoms with van der Waals surface area (Å²) in [7, 11) is 0. The Morgan fingerprint density at radius 2 is 1.82 bits per heavy atom. The number of carbonyl (C=O) groups excluding carboxylic acids is 1. The third-order valence-electron chi connectivity index (χ3n) is 2.47. The number of hydrogen-bond acceptors (Lipinski definition) is 1. The summed E-state index contributed by atoms with van der Waals surface area (Å²) in [5.41, 5.74) is 0.543. The minimum atomic E-state index is -0.398. The molecule has 0 saturated heterocycles. The first-order valence-electron chi connectivity index (χ1n) is 5.47. The van der Waals surface area contributed by atoms with Crippen molar-refractivity contribution in [2.75, 3.05) is 0 Å². The molecule has 17 heavy (non-hydrogen) atoms. The maximum Gasteiger partial charge on any atom is 0.225 e. The van der Waals surface area contributed by atoms with E-state index in [-0.39, 0.29) is 11.9 Å². The van der Waals surface area contributed by atoms with Gasteiger partial charge in [-0.2, -0.15) is 0 Å². The molecule has 1 amide bonds. The summed E-state index contributed by atoms with van der Waals surface area (Å²) < 4.78 is 0. The van der Waals surface area contributed by atoms with Gasteiger partial charge in [-0.1, -0.05) is 50.0 Å². The largest absolute Gasteiger partial charge is 0.349 e. The van der Waals surface area contributed by atoms with Gasteiger partial charge in [0.05, 0.1) is 16.1 Å². The zero-order valence-electron chi connectivity index (χ0n) is 10.5. The second-order valence-corrected chi connectivity index (χ2v) is 5.93. The molecule has 0 aromatic heterocycles. The summed E-state index contributed by atoms with van der Waals surface area (Å²) in [5, 5.41) is 3.96. The normalized spacial score (nSPS) is 13.3. The van der Waals surface area contributed by atoms with E-state index in [9.17, 15) is 4.79 Å². The van der Waals surface area contributed by atoms with Gasteiger partial charge in [-0.05, 0) is 24.6 Å². The molecule has 0 aliphatic carbocycles. The molecule has 2 nitrogen and oxygen atoms in total. The Balaban J connectivity index is 2.80. The van der Waals surface area contributed by atoms with E-state index in [2.05, 4.69) is 5.32 Å². The molecule has 4 heteroatoms. The Bertz CT molecular complexity index is 424. The van der Waals surface area contributed by atoms with Gasteiger partial charge in [-0.15, -0.1) is 0 Å². The number of carbonyl (C=O) groups is 1. The molecule has 0 heterocycles. The summed E-state index contributed by atoms with van der Waals surface area (Å²) in [6.45, 7) is 7.56. The molecule has 1 aromatic rings. The van der Waals surface area contributed by atoms with E-state index in [0.717, 1.165) is 5.56 Å². The number of benzene rings is 1. The Morgan fingerprint density at radius 3 is 2.29 bits per heavy atom.